The molecule has 0 radical (unpaired) electrons. The average Bonchev–Trinajstić information content (AvgIpc) is 3.12. The molecule has 2 saturated heterocycles. The van der Waals surface area contributed by atoms with E-state index < -0.39 is 21.6 Å². The third-order valence-electron chi connectivity index (χ3n) is 6.28. The molecule has 3 rings (SSSR count). The highest BCUT2D eigenvalue weighted by atomic mass is 32.2. The van der Waals surface area contributed by atoms with Gasteiger partial charge in [0, 0.05) is 37.2 Å². The van der Waals surface area contributed by atoms with E-state index in [1.165, 1.54) is 12.1 Å². The van der Waals surface area contributed by atoms with Crippen LogP contribution in [0, 0.1) is 5.92 Å². The summed E-state index contributed by atoms with van der Waals surface area (Å²) in [5.74, 6) is -0.579. The summed E-state index contributed by atoms with van der Waals surface area (Å²) >= 11 is 0. The second-order valence-electron chi connectivity index (χ2n) is 8.58. The molecule has 178 valence electrons. The van der Waals surface area contributed by atoms with Gasteiger partial charge in [-0.05, 0) is 49.9 Å². The minimum absolute atomic E-state index is 0.00765. The van der Waals surface area contributed by atoms with E-state index >= 15 is 0 Å². The molecule has 2 aliphatic rings. The molecule has 2 amide bonds. The van der Waals surface area contributed by atoms with Crippen molar-refractivity contribution in [3.63, 3.8) is 0 Å². The number of benzene rings is 1. The average molecular weight is 475 g/mol. The van der Waals surface area contributed by atoms with E-state index in [0.717, 1.165) is 25.0 Å². The minimum atomic E-state index is -4.46. The number of hydrogen-bond donors (Lipinski definition) is 0. The number of amides is 2. The number of nitrogens with zero attached hydrogens (tertiary/aromatic N) is 2. The molecular weight excluding hydrogens is 445 g/mol. The first kappa shape index (κ1) is 24.5. The van der Waals surface area contributed by atoms with Gasteiger partial charge in [0.05, 0.1) is 17.1 Å². The highest BCUT2D eigenvalue weighted by Crippen LogP contribution is 2.30. The van der Waals surface area contributed by atoms with Gasteiger partial charge in [-0.1, -0.05) is 13.3 Å². The second kappa shape index (κ2) is 9.80. The zero-order valence-corrected chi connectivity index (χ0v) is 18.9. The summed E-state index contributed by atoms with van der Waals surface area (Å²) in [5, 5.41) is 0. The second-order valence-corrected chi connectivity index (χ2v) is 10.8. The molecule has 1 aromatic carbocycles. The van der Waals surface area contributed by atoms with Crippen LogP contribution in [0.1, 0.15) is 54.9 Å². The molecule has 6 nitrogen and oxygen atoms in total. The van der Waals surface area contributed by atoms with Crippen LogP contribution in [0.25, 0.3) is 0 Å². The number of hydrogen-bond acceptors (Lipinski definition) is 4. The van der Waals surface area contributed by atoms with Crippen LogP contribution in [0.5, 0.6) is 0 Å². The van der Waals surface area contributed by atoms with E-state index in [4.69, 9.17) is 0 Å². The summed E-state index contributed by atoms with van der Waals surface area (Å²) in [6.07, 6.45) is -1.40. The highest BCUT2D eigenvalue weighted by molar-refractivity contribution is 7.91. The molecule has 0 aliphatic carbocycles. The number of rotatable bonds is 6. The van der Waals surface area contributed by atoms with Crippen molar-refractivity contribution < 1.29 is 31.2 Å². The monoisotopic (exact) mass is 474 g/mol. The Kier molecular flexibility index (Phi) is 7.52. The van der Waals surface area contributed by atoms with Gasteiger partial charge in [0.1, 0.15) is 0 Å². The maximum atomic E-state index is 13.2. The molecule has 32 heavy (non-hydrogen) atoms. The van der Waals surface area contributed by atoms with Gasteiger partial charge < -0.3 is 9.80 Å². The van der Waals surface area contributed by atoms with Gasteiger partial charge in [0.25, 0.3) is 5.91 Å². The lowest BCUT2D eigenvalue weighted by Crippen LogP contribution is -2.48. The Balaban J connectivity index is 1.60. The predicted octanol–water partition coefficient (Wildman–Crippen LogP) is 3.37. The Morgan fingerprint density at radius 1 is 1.09 bits per heavy atom. The molecule has 2 fully saturated rings. The molecule has 0 spiro atoms. The van der Waals surface area contributed by atoms with Crippen LogP contribution in [-0.4, -0.2) is 67.2 Å². The predicted molar refractivity (Wildman–Crippen MR) is 114 cm³/mol. The first-order valence-corrected chi connectivity index (χ1v) is 12.8. The SMILES string of the molecule is CCCCN(C(=O)C1CCN(C(=O)c2ccc(C(F)(F)F)cc2)CC1)C1CCS(=O)(=O)C1. The van der Waals surface area contributed by atoms with Crippen molar-refractivity contribution in [1.82, 2.24) is 9.80 Å². The van der Waals surface area contributed by atoms with Gasteiger partial charge in [-0.15, -0.1) is 0 Å². The van der Waals surface area contributed by atoms with Gasteiger partial charge in [-0.25, -0.2) is 8.42 Å². The molecule has 1 aromatic rings. The Morgan fingerprint density at radius 2 is 1.72 bits per heavy atom. The van der Waals surface area contributed by atoms with Crippen molar-refractivity contribution in [1.29, 1.82) is 0 Å². The van der Waals surface area contributed by atoms with E-state index in [2.05, 4.69) is 0 Å². The fraction of sp³-hybridized carbons (Fsp3) is 0.636. The first-order chi connectivity index (χ1) is 15.0. The summed E-state index contributed by atoms with van der Waals surface area (Å²) < 4.78 is 62.0. The molecule has 2 aliphatic heterocycles. The van der Waals surface area contributed by atoms with Gasteiger partial charge in [0.2, 0.25) is 5.91 Å². The van der Waals surface area contributed by atoms with E-state index in [9.17, 15) is 31.2 Å². The minimum Gasteiger partial charge on any atom is -0.339 e. The van der Waals surface area contributed by atoms with Crippen LogP contribution in [-0.2, 0) is 20.8 Å². The molecule has 2 heterocycles. The number of carbonyl (C=O) groups excluding carboxylic acids is 2. The quantitative estimate of drug-likeness (QED) is 0.634. The van der Waals surface area contributed by atoms with Crippen LogP contribution in [0.15, 0.2) is 24.3 Å². The lowest BCUT2D eigenvalue weighted by Gasteiger charge is -2.36. The van der Waals surface area contributed by atoms with Crippen molar-refractivity contribution in [3.05, 3.63) is 35.4 Å². The number of likely N-dealkylation sites (tertiary alicyclic amines) is 1. The molecule has 1 atom stereocenters. The lowest BCUT2D eigenvalue weighted by atomic mass is 9.93. The van der Waals surface area contributed by atoms with E-state index in [-0.39, 0.29) is 40.8 Å². The number of piperidine rings is 1. The molecule has 10 heteroatoms. The molecule has 1 unspecified atom stereocenters. The standard InChI is InChI=1S/C22H29F3N2O4S/c1-2-3-11-27(19-10-14-32(30,31)15-19)21(29)17-8-12-26(13-9-17)20(28)16-4-6-18(7-5-16)22(23,24)25/h4-7,17,19H,2-3,8-15H2,1H3. The van der Waals surface area contributed by atoms with E-state index in [1.807, 2.05) is 6.92 Å². The maximum absolute atomic E-state index is 13.2. The number of alkyl halides is 3. The van der Waals surface area contributed by atoms with Crippen molar-refractivity contribution in [2.45, 2.75) is 51.2 Å². The summed E-state index contributed by atoms with van der Waals surface area (Å²) in [7, 11) is -3.11. The summed E-state index contributed by atoms with van der Waals surface area (Å²) in [6, 6.07) is 3.85. The zero-order valence-electron chi connectivity index (χ0n) is 18.1. The Bertz CT molecular complexity index is 923. The largest absolute Gasteiger partial charge is 0.416 e. The number of carbonyl (C=O) groups is 2. The van der Waals surface area contributed by atoms with E-state index in [1.54, 1.807) is 9.80 Å². The lowest BCUT2D eigenvalue weighted by molar-refractivity contribution is -0.139. The Labute approximate surface area is 186 Å². The van der Waals surface area contributed by atoms with Crippen LogP contribution >= 0.6 is 0 Å². The van der Waals surface area contributed by atoms with Crippen LogP contribution in [0.3, 0.4) is 0 Å². The maximum Gasteiger partial charge on any atom is 0.416 e. The summed E-state index contributed by atoms with van der Waals surface area (Å²) in [5.41, 5.74) is -0.622. The van der Waals surface area contributed by atoms with Gasteiger partial charge in [-0.2, -0.15) is 13.2 Å². The number of unbranched alkanes of at least 4 members (excludes halogenated alkanes) is 1. The third-order valence-corrected chi connectivity index (χ3v) is 8.03. The van der Waals surface area contributed by atoms with Gasteiger partial charge >= 0.3 is 6.18 Å². The molecular formula is C22H29F3N2O4S. The third kappa shape index (κ3) is 5.82. The fourth-order valence-corrected chi connectivity index (χ4v) is 6.10. The smallest absolute Gasteiger partial charge is 0.339 e. The van der Waals surface area contributed by atoms with Crippen molar-refractivity contribution in [3.8, 4) is 0 Å². The summed E-state index contributed by atoms with van der Waals surface area (Å²) in [6.45, 7) is 3.21. The fourth-order valence-electron chi connectivity index (χ4n) is 4.37. The number of halogens is 3. The van der Waals surface area contributed by atoms with Crippen LogP contribution in [0.2, 0.25) is 0 Å². The van der Waals surface area contributed by atoms with Crippen molar-refractivity contribution >= 4 is 21.7 Å². The molecule has 0 bridgehead atoms. The van der Waals surface area contributed by atoms with E-state index in [0.29, 0.717) is 38.9 Å². The zero-order chi connectivity index (χ0) is 23.5. The van der Waals surface area contributed by atoms with Crippen molar-refractivity contribution in [2.24, 2.45) is 5.92 Å². The topological polar surface area (TPSA) is 74.8 Å². The molecule has 0 saturated carbocycles. The van der Waals surface area contributed by atoms with Gasteiger partial charge in [0.15, 0.2) is 9.84 Å². The Hall–Kier alpha value is -2.10. The van der Waals surface area contributed by atoms with Crippen LogP contribution < -0.4 is 0 Å². The molecule has 0 N–H and O–H groups in total. The molecule has 0 aromatic heterocycles. The van der Waals surface area contributed by atoms with Gasteiger partial charge in [-0.3, -0.25) is 9.59 Å². The van der Waals surface area contributed by atoms with Crippen LogP contribution in [0.4, 0.5) is 13.2 Å². The Morgan fingerprint density at radius 3 is 2.22 bits per heavy atom. The first-order valence-electron chi connectivity index (χ1n) is 11.0. The normalized spacial score (nSPS) is 21.5. The summed E-state index contributed by atoms with van der Waals surface area (Å²) in [4.78, 5) is 29.2. The number of sulfone groups is 1. The highest BCUT2D eigenvalue weighted by Gasteiger charge is 2.38. The van der Waals surface area contributed by atoms with Crippen molar-refractivity contribution in [2.75, 3.05) is 31.1 Å².